The number of rotatable bonds is 2. The minimum absolute atomic E-state index is 0.0115. The molecule has 0 aliphatic heterocycles. The smallest absolute Gasteiger partial charge is 0.315 e. The normalized spacial score (nSPS) is 74.3. The molecule has 0 spiro atoms. The van der Waals surface area contributed by atoms with Crippen LogP contribution in [0.4, 0.5) is 0 Å². The van der Waals surface area contributed by atoms with E-state index in [0.717, 1.165) is 24.2 Å². The lowest BCUT2D eigenvalue weighted by Crippen LogP contribution is -2.75. The third-order valence-electron chi connectivity index (χ3n) is 12.0. The van der Waals surface area contributed by atoms with Crippen molar-refractivity contribution in [1.29, 1.82) is 0 Å². The summed E-state index contributed by atoms with van der Waals surface area (Å²) in [5, 5.41) is 12.8. The van der Waals surface area contributed by atoms with E-state index in [-0.39, 0.29) is 10.7 Å². The maximum absolute atomic E-state index is 13.7. The Balaban J connectivity index is 1.53. The Labute approximate surface area is 159 Å². The van der Waals surface area contributed by atoms with E-state index >= 15 is 0 Å². The van der Waals surface area contributed by atoms with Crippen LogP contribution in [-0.2, 0) is 9.53 Å². The lowest BCUT2D eigenvalue weighted by Gasteiger charge is -2.63. The van der Waals surface area contributed by atoms with Crippen LogP contribution in [0.25, 0.3) is 0 Å². The summed E-state index contributed by atoms with van der Waals surface area (Å²) in [5.41, 5.74) is -1.35. The van der Waals surface area contributed by atoms with Crippen LogP contribution in [0.1, 0.15) is 32.1 Å². The van der Waals surface area contributed by atoms with E-state index in [1.165, 1.54) is 25.7 Å². The van der Waals surface area contributed by atoms with Gasteiger partial charge in [-0.15, -0.1) is 0 Å². The van der Waals surface area contributed by atoms with Crippen LogP contribution in [0.5, 0.6) is 0 Å². The Morgan fingerprint density at radius 3 is 2.38 bits per heavy atom. The summed E-state index contributed by atoms with van der Waals surface area (Å²) in [6.07, 6.45) is 8.67. The molecule has 140 valence electrons. The largest absolute Gasteiger partial charge is 0.468 e. The highest BCUT2D eigenvalue weighted by atomic mass is 32.2. The van der Waals surface area contributed by atoms with E-state index in [1.807, 2.05) is 11.8 Å². The minimum atomic E-state index is -0.789. The molecule has 9 bridgehead atoms. The number of carbonyl (C=O) groups is 1. The molecular formula is C22H28O3S. The molecule has 9 saturated carbocycles. The van der Waals surface area contributed by atoms with E-state index in [9.17, 15) is 9.90 Å². The first-order chi connectivity index (χ1) is 12.6. The van der Waals surface area contributed by atoms with Gasteiger partial charge >= 0.3 is 5.97 Å². The molecule has 26 heavy (non-hydrogen) atoms. The molecule has 14 atom stereocenters. The van der Waals surface area contributed by atoms with Gasteiger partial charge in [0.25, 0.3) is 0 Å². The van der Waals surface area contributed by atoms with Gasteiger partial charge in [0.2, 0.25) is 0 Å². The average molecular weight is 373 g/mol. The molecule has 0 aromatic rings. The molecule has 9 aliphatic carbocycles. The van der Waals surface area contributed by atoms with Crippen LogP contribution in [0, 0.1) is 70.5 Å². The standard InChI is InChI=1S/C22H28O3S/c1-25-19(23)20-15-8-4-3-5-9(8)17-13(15)14-16(20)10-6-7-11-12(10)18(14)21(17,26-2)22(11,20)24/h8-18,24H,3-7H2,1-2H3/t8-,9+,10+,11-,12-,13+,14-,15+,16-,17+,18-,20+,21-,22-/m1/s1. The fourth-order valence-electron chi connectivity index (χ4n) is 12.8. The van der Waals surface area contributed by atoms with Crippen LogP contribution < -0.4 is 0 Å². The first-order valence-corrected chi connectivity index (χ1v) is 12.2. The van der Waals surface area contributed by atoms with Crippen LogP contribution >= 0.6 is 11.8 Å². The first kappa shape index (κ1) is 14.7. The lowest BCUT2D eigenvalue weighted by atomic mass is 9.46. The van der Waals surface area contributed by atoms with Gasteiger partial charge in [-0.25, -0.2) is 0 Å². The number of carbonyl (C=O) groups excluding carboxylic acids is 1. The monoisotopic (exact) mass is 372 g/mol. The van der Waals surface area contributed by atoms with Crippen molar-refractivity contribution < 1.29 is 14.6 Å². The first-order valence-electron chi connectivity index (χ1n) is 11.0. The van der Waals surface area contributed by atoms with E-state index in [0.29, 0.717) is 47.3 Å². The number of fused-ring (bicyclic) bond motifs is 1. The summed E-state index contributed by atoms with van der Waals surface area (Å²) in [6.45, 7) is 0. The van der Waals surface area contributed by atoms with Crippen molar-refractivity contribution in [2.75, 3.05) is 13.4 Å². The lowest BCUT2D eigenvalue weighted by molar-refractivity contribution is -0.230. The second-order valence-corrected chi connectivity index (χ2v) is 12.1. The maximum Gasteiger partial charge on any atom is 0.315 e. The predicted molar refractivity (Wildman–Crippen MR) is 97.1 cm³/mol. The Hall–Kier alpha value is -0.220. The summed E-state index contributed by atoms with van der Waals surface area (Å²) in [7, 11) is 1.59. The summed E-state index contributed by atoms with van der Waals surface area (Å²) < 4.78 is 5.55. The number of hydrogen-bond acceptors (Lipinski definition) is 4. The summed E-state index contributed by atoms with van der Waals surface area (Å²) in [5.74, 6) is 6.94. The molecule has 9 aliphatic rings. The number of aliphatic hydroxyl groups is 1. The second-order valence-electron chi connectivity index (χ2n) is 11.1. The fraction of sp³-hybridized carbons (Fsp3) is 0.955. The molecule has 0 heterocycles. The Morgan fingerprint density at radius 1 is 0.962 bits per heavy atom. The fourth-order valence-corrected chi connectivity index (χ4v) is 14.6. The molecule has 9 fully saturated rings. The van der Waals surface area contributed by atoms with Gasteiger partial charge in [0.1, 0.15) is 5.41 Å². The van der Waals surface area contributed by atoms with E-state index < -0.39 is 11.0 Å². The Bertz CT molecular complexity index is 783. The quantitative estimate of drug-likeness (QED) is 0.757. The van der Waals surface area contributed by atoms with E-state index in [2.05, 4.69) is 6.26 Å². The van der Waals surface area contributed by atoms with Gasteiger partial charge in [-0.05, 0) is 97.0 Å². The van der Waals surface area contributed by atoms with E-state index in [4.69, 9.17) is 4.74 Å². The Morgan fingerprint density at radius 2 is 1.65 bits per heavy atom. The molecule has 0 saturated heterocycles. The molecule has 3 nitrogen and oxygen atoms in total. The van der Waals surface area contributed by atoms with Gasteiger partial charge in [0.15, 0.2) is 0 Å². The molecule has 0 amide bonds. The highest BCUT2D eigenvalue weighted by molar-refractivity contribution is 8.00. The van der Waals surface area contributed by atoms with E-state index in [1.54, 1.807) is 7.11 Å². The van der Waals surface area contributed by atoms with Crippen molar-refractivity contribution in [2.45, 2.75) is 42.5 Å². The van der Waals surface area contributed by atoms with Gasteiger partial charge < -0.3 is 9.84 Å². The van der Waals surface area contributed by atoms with Crippen molar-refractivity contribution in [2.24, 2.45) is 70.5 Å². The van der Waals surface area contributed by atoms with Gasteiger partial charge in [0.05, 0.1) is 17.5 Å². The predicted octanol–water partition coefficient (Wildman–Crippen LogP) is 2.82. The Kier molecular flexibility index (Phi) is 2.15. The van der Waals surface area contributed by atoms with Crippen molar-refractivity contribution >= 4 is 17.7 Å². The maximum atomic E-state index is 13.7. The average Bonchev–Trinajstić information content (AvgIpc) is 3.40. The number of hydrogen-bond donors (Lipinski definition) is 1. The molecule has 0 aromatic heterocycles. The molecular weight excluding hydrogens is 344 g/mol. The molecule has 0 aromatic carbocycles. The van der Waals surface area contributed by atoms with Crippen molar-refractivity contribution in [1.82, 2.24) is 0 Å². The van der Waals surface area contributed by atoms with Gasteiger partial charge in [-0.2, -0.15) is 11.8 Å². The van der Waals surface area contributed by atoms with Crippen molar-refractivity contribution in [3.63, 3.8) is 0 Å². The van der Waals surface area contributed by atoms with Crippen LogP contribution in [0.2, 0.25) is 0 Å². The van der Waals surface area contributed by atoms with Gasteiger partial charge in [0, 0.05) is 0 Å². The molecule has 0 unspecified atom stereocenters. The second kappa shape index (κ2) is 3.79. The van der Waals surface area contributed by atoms with Crippen molar-refractivity contribution in [3.05, 3.63) is 0 Å². The highest BCUT2D eigenvalue weighted by Crippen LogP contribution is 2.98. The summed E-state index contributed by atoms with van der Waals surface area (Å²) >= 11 is 1.99. The highest BCUT2D eigenvalue weighted by Gasteiger charge is 3.02. The number of esters is 1. The van der Waals surface area contributed by atoms with Crippen LogP contribution in [-0.4, -0.2) is 34.8 Å². The zero-order chi connectivity index (χ0) is 17.4. The molecule has 0 radical (unpaired) electrons. The molecule has 1 N–H and O–H groups in total. The number of methoxy groups -OCH3 is 1. The number of thioether (sulfide) groups is 1. The minimum Gasteiger partial charge on any atom is -0.468 e. The van der Waals surface area contributed by atoms with Gasteiger partial charge in [-0.1, -0.05) is 6.42 Å². The van der Waals surface area contributed by atoms with Crippen LogP contribution in [0.15, 0.2) is 0 Å². The van der Waals surface area contributed by atoms with Crippen molar-refractivity contribution in [3.8, 4) is 0 Å². The van der Waals surface area contributed by atoms with Gasteiger partial charge in [-0.3, -0.25) is 4.79 Å². The zero-order valence-corrected chi connectivity index (χ0v) is 16.4. The zero-order valence-electron chi connectivity index (χ0n) is 15.6. The summed E-state index contributed by atoms with van der Waals surface area (Å²) in [4.78, 5) is 13.7. The number of ether oxygens (including phenoxy) is 1. The summed E-state index contributed by atoms with van der Waals surface area (Å²) in [6, 6.07) is 0. The van der Waals surface area contributed by atoms with Crippen LogP contribution in [0.3, 0.4) is 0 Å². The third kappa shape index (κ3) is 0.890. The molecule has 4 heteroatoms. The SMILES string of the molecule is COC(=O)[C@@]12[C@@H]3[C@H]4CC[C@@H]5[C@@H]4[C@@H]4[C@@H]3[C@@H]3[C@H]([C@H]6CCC[C@H]6[C@@H]31)[C@]4(SC)[C@@]52O. The third-order valence-corrected chi connectivity index (χ3v) is 13.5. The molecule has 9 rings (SSSR count). The topological polar surface area (TPSA) is 46.5 Å².